The summed E-state index contributed by atoms with van der Waals surface area (Å²) in [6.45, 7) is 7.29. The van der Waals surface area contributed by atoms with E-state index in [9.17, 15) is 4.79 Å². The van der Waals surface area contributed by atoms with Crippen molar-refractivity contribution in [2.45, 2.75) is 51.6 Å². The minimum absolute atomic E-state index is 0.119. The van der Waals surface area contributed by atoms with Gasteiger partial charge in [-0.25, -0.2) is 0 Å². The monoisotopic (exact) mass is 239 g/mol. The highest BCUT2D eigenvalue weighted by molar-refractivity contribution is 5.80. The van der Waals surface area contributed by atoms with Crippen molar-refractivity contribution < 1.29 is 4.79 Å². The van der Waals surface area contributed by atoms with E-state index >= 15 is 0 Å². The van der Waals surface area contributed by atoms with Crippen LogP contribution in [-0.4, -0.2) is 42.5 Å². The number of piperazine rings is 1. The lowest BCUT2D eigenvalue weighted by molar-refractivity contribution is -0.126. The molecule has 0 aromatic carbocycles. The lowest BCUT2D eigenvalue weighted by atomic mass is 9.72. The first-order valence-corrected chi connectivity index (χ1v) is 6.78. The topological polar surface area (TPSA) is 58.4 Å². The van der Waals surface area contributed by atoms with Gasteiger partial charge in [0.05, 0.1) is 0 Å². The molecule has 1 heterocycles. The van der Waals surface area contributed by atoms with E-state index in [0.717, 1.165) is 13.1 Å². The van der Waals surface area contributed by atoms with Crippen LogP contribution in [0.5, 0.6) is 0 Å². The highest BCUT2D eigenvalue weighted by Gasteiger charge is 2.41. The highest BCUT2D eigenvalue weighted by Crippen LogP contribution is 2.39. The molecule has 1 saturated carbocycles. The molecular formula is C13H25N3O. The smallest absolute Gasteiger partial charge is 0.236 e. The zero-order valence-corrected chi connectivity index (χ0v) is 11.0. The summed E-state index contributed by atoms with van der Waals surface area (Å²) in [7, 11) is 0. The Morgan fingerprint density at radius 3 is 2.82 bits per heavy atom. The molecule has 0 spiro atoms. The molecule has 3 N–H and O–H groups in total. The fourth-order valence-electron chi connectivity index (χ4n) is 3.45. The Morgan fingerprint density at radius 2 is 2.18 bits per heavy atom. The van der Waals surface area contributed by atoms with Gasteiger partial charge in [-0.2, -0.15) is 0 Å². The maximum atomic E-state index is 11.6. The van der Waals surface area contributed by atoms with Gasteiger partial charge in [-0.15, -0.1) is 0 Å². The van der Waals surface area contributed by atoms with Crippen molar-refractivity contribution in [1.29, 1.82) is 0 Å². The van der Waals surface area contributed by atoms with Gasteiger partial charge in [-0.1, -0.05) is 26.7 Å². The van der Waals surface area contributed by atoms with Gasteiger partial charge in [0.1, 0.15) is 6.04 Å². The molecule has 4 nitrogen and oxygen atoms in total. The van der Waals surface area contributed by atoms with Crippen LogP contribution in [0.1, 0.15) is 39.5 Å². The molecule has 0 aromatic heterocycles. The number of rotatable bonds is 2. The summed E-state index contributed by atoms with van der Waals surface area (Å²) in [4.78, 5) is 13.9. The molecule has 2 unspecified atom stereocenters. The molecule has 0 aromatic rings. The van der Waals surface area contributed by atoms with E-state index in [1.165, 1.54) is 25.7 Å². The fraction of sp³-hybridized carbons (Fsp3) is 0.923. The highest BCUT2D eigenvalue weighted by atomic mass is 16.1. The molecular weight excluding hydrogens is 214 g/mol. The quantitative estimate of drug-likeness (QED) is 0.746. The Labute approximate surface area is 104 Å². The normalized spacial score (nSPS) is 34.5. The zero-order valence-electron chi connectivity index (χ0n) is 11.0. The lowest BCUT2D eigenvalue weighted by Crippen LogP contribution is -2.63. The lowest BCUT2D eigenvalue weighted by Gasteiger charge is -2.49. The number of carbonyl (C=O) groups excluding carboxylic acids is 1. The van der Waals surface area contributed by atoms with Gasteiger partial charge in [-0.3, -0.25) is 9.69 Å². The van der Waals surface area contributed by atoms with Crippen molar-refractivity contribution in [3.8, 4) is 0 Å². The molecule has 0 radical (unpaired) electrons. The predicted molar refractivity (Wildman–Crippen MR) is 68.6 cm³/mol. The van der Waals surface area contributed by atoms with Gasteiger partial charge in [0.2, 0.25) is 5.91 Å². The molecule has 4 heteroatoms. The molecule has 17 heavy (non-hydrogen) atoms. The van der Waals surface area contributed by atoms with Gasteiger partial charge in [0.15, 0.2) is 0 Å². The minimum Gasteiger partial charge on any atom is -0.368 e. The van der Waals surface area contributed by atoms with Crippen molar-refractivity contribution >= 4 is 5.91 Å². The number of primary amides is 1. The molecule has 1 saturated heterocycles. The summed E-state index contributed by atoms with van der Waals surface area (Å²) >= 11 is 0. The fourth-order valence-corrected chi connectivity index (χ4v) is 3.45. The number of amides is 1. The van der Waals surface area contributed by atoms with E-state index in [4.69, 9.17) is 5.73 Å². The Morgan fingerprint density at radius 1 is 1.41 bits per heavy atom. The van der Waals surface area contributed by atoms with Crippen molar-refractivity contribution in [2.75, 3.05) is 19.6 Å². The van der Waals surface area contributed by atoms with E-state index in [-0.39, 0.29) is 11.9 Å². The van der Waals surface area contributed by atoms with E-state index < -0.39 is 0 Å². The third kappa shape index (κ3) is 2.63. The van der Waals surface area contributed by atoms with Gasteiger partial charge in [0.25, 0.3) is 0 Å². The van der Waals surface area contributed by atoms with E-state index in [1.807, 2.05) is 0 Å². The molecule has 2 atom stereocenters. The Hall–Kier alpha value is -0.610. The van der Waals surface area contributed by atoms with Crippen LogP contribution in [0.25, 0.3) is 0 Å². The number of hydrogen-bond donors (Lipinski definition) is 2. The molecule has 2 rings (SSSR count). The molecule has 2 aliphatic rings. The summed E-state index contributed by atoms with van der Waals surface area (Å²) in [5.41, 5.74) is 5.84. The third-order valence-electron chi connectivity index (χ3n) is 4.46. The van der Waals surface area contributed by atoms with E-state index in [2.05, 4.69) is 24.1 Å². The molecule has 0 bridgehead atoms. The van der Waals surface area contributed by atoms with Crippen molar-refractivity contribution in [3.63, 3.8) is 0 Å². The van der Waals surface area contributed by atoms with Gasteiger partial charge >= 0.3 is 0 Å². The molecule has 2 fully saturated rings. The molecule has 1 aliphatic carbocycles. The SMILES string of the molecule is CC1(C)CCCCC1N1CCNCC1C(N)=O. The Balaban J connectivity index is 2.14. The summed E-state index contributed by atoms with van der Waals surface area (Å²) in [5, 5.41) is 3.27. The predicted octanol–water partition coefficient (Wildman–Crippen LogP) is 0.714. The largest absolute Gasteiger partial charge is 0.368 e. The molecule has 98 valence electrons. The summed E-state index contributed by atoms with van der Waals surface area (Å²) < 4.78 is 0. The first kappa shape index (κ1) is 12.8. The first-order valence-electron chi connectivity index (χ1n) is 6.78. The van der Waals surface area contributed by atoms with Crippen LogP contribution in [0.3, 0.4) is 0 Å². The van der Waals surface area contributed by atoms with Crippen LogP contribution in [0, 0.1) is 5.41 Å². The number of hydrogen-bond acceptors (Lipinski definition) is 3. The summed E-state index contributed by atoms with van der Waals surface area (Å²) in [6.07, 6.45) is 5.06. The van der Waals surface area contributed by atoms with Crippen LogP contribution in [0.15, 0.2) is 0 Å². The summed E-state index contributed by atoms with van der Waals surface area (Å²) in [6, 6.07) is 0.391. The maximum absolute atomic E-state index is 11.6. The first-order chi connectivity index (χ1) is 8.02. The van der Waals surface area contributed by atoms with Crippen molar-refractivity contribution in [2.24, 2.45) is 11.1 Å². The second-order valence-electron chi connectivity index (χ2n) is 6.11. The Kier molecular flexibility index (Phi) is 3.73. The van der Waals surface area contributed by atoms with Crippen LogP contribution < -0.4 is 11.1 Å². The average Bonchev–Trinajstić information content (AvgIpc) is 2.28. The van der Waals surface area contributed by atoms with E-state index in [0.29, 0.717) is 18.0 Å². The average molecular weight is 239 g/mol. The van der Waals surface area contributed by atoms with Crippen LogP contribution in [0.4, 0.5) is 0 Å². The minimum atomic E-state index is -0.182. The maximum Gasteiger partial charge on any atom is 0.236 e. The van der Waals surface area contributed by atoms with Crippen LogP contribution >= 0.6 is 0 Å². The van der Waals surface area contributed by atoms with Gasteiger partial charge in [0, 0.05) is 25.7 Å². The van der Waals surface area contributed by atoms with Gasteiger partial charge in [-0.05, 0) is 18.3 Å². The van der Waals surface area contributed by atoms with Crippen molar-refractivity contribution in [3.05, 3.63) is 0 Å². The Bertz CT molecular complexity index is 290. The van der Waals surface area contributed by atoms with E-state index in [1.54, 1.807) is 0 Å². The number of carbonyl (C=O) groups is 1. The number of nitrogens with one attached hydrogen (secondary N) is 1. The second kappa shape index (κ2) is 4.94. The molecule has 1 amide bonds. The van der Waals surface area contributed by atoms with Crippen LogP contribution in [0.2, 0.25) is 0 Å². The zero-order chi connectivity index (χ0) is 12.5. The number of nitrogens with zero attached hydrogens (tertiary/aromatic N) is 1. The van der Waals surface area contributed by atoms with Crippen LogP contribution in [-0.2, 0) is 4.79 Å². The summed E-state index contributed by atoms with van der Waals surface area (Å²) in [5.74, 6) is -0.182. The second-order valence-corrected chi connectivity index (χ2v) is 6.11. The molecule has 1 aliphatic heterocycles. The van der Waals surface area contributed by atoms with Gasteiger partial charge < -0.3 is 11.1 Å². The number of nitrogens with two attached hydrogens (primary N) is 1. The van der Waals surface area contributed by atoms with Crippen molar-refractivity contribution in [1.82, 2.24) is 10.2 Å². The third-order valence-corrected chi connectivity index (χ3v) is 4.46. The standard InChI is InChI=1S/C13H25N3O/c1-13(2)6-4-3-5-11(13)16-8-7-15-9-10(16)12(14)17/h10-11,15H,3-9H2,1-2H3,(H2,14,17).